The van der Waals surface area contributed by atoms with E-state index in [1.54, 1.807) is 0 Å². The van der Waals surface area contributed by atoms with Crippen LogP contribution in [-0.4, -0.2) is 11.6 Å². The predicted molar refractivity (Wildman–Crippen MR) is 183 cm³/mol. The van der Waals surface area contributed by atoms with Crippen molar-refractivity contribution in [1.29, 1.82) is 0 Å². The molecule has 0 spiro atoms. The molecule has 0 N–H and O–H groups in total. The Morgan fingerprint density at radius 3 is 2.02 bits per heavy atom. The SMILES string of the molecule is CC1COc2ccc(-c3c(-c4cccc(-c5cc(-c6ccccc6)cc(-c6ccccc6)n5)c4)ccc4ccccc34)cc21. The lowest BCUT2D eigenvalue weighted by Crippen LogP contribution is -1.94. The molecule has 2 heteroatoms. The Kier molecular flexibility index (Phi) is 6.53. The second-order valence-electron chi connectivity index (χ2n) is 11.6. The third-order valence-electron chi connectivity index (χ3n) is 8.72. The smallest absolute Gasteiger partial charge is 0.122 e. The topological polar surface area (TPSA) is 22.1 Å². The lowest BCUT2D eigenvalue weighted by Gasteiger charge is -2.16. The van der Waals surface area contributed by atoms with Crippen LogP contribution in [0.2, 0.25) is 0 Å². The van der Waals surface area contributed by atoms with E-state index in [4.69, 9.17) is 9.72 Å². The first-order chi connectivity index (χ1) is 21.7. The van der Waals surface area contributed by atoms with E-state index in [0.29, 0.717) is 5.92 Å². The predicted octanol–water partition coefficient (Wildman–Crippen LogP) is 11.1. The molecular weight excluding hydrogens is 534 g/mol. The monoisotopic (exact) mass is 565 g/mol. The molecular formula is C42H31NO. The second kappa shape index (κ2) is 11.0. The highest BCUT2D eigenvalue weighted by Crippen LogP contribution is 2.43. The van der Waals surface area contributed by atoms with Crippen molar-refractivity contribution in [2.75, 3.05) is 6.61 Å². The fourth-order valence-corrected chi connectivity index (χ4v) is 6.43. The Labute approximate surface area is 258 Å². The zero-order valence-electron chi connectivity index (χ0n) is 24.6. The number of hydrogen-bond donors (Lipinski definition) is 0. The minimum Gasteiger partial charge on any atom is -0.493 e. The van der Waals surface area contributed by atoms with E-state index < -0.39 is 0 Å². The summed E-state index contributed by atoms with van der Waals surface area (Å²) in [5, 5.41) is 2.48. The van der Waals surface area contributed by atoms with Crippen molar-refractivity contribution in [3.05, 3.63) is 157 Å². The van der Waals surface area contributed by atoms with Crippen molar-refractivity contribution in [1.82, 2.24) is 4.98 Å². The van der Waals surface area contributed by atoms with Crippen LogP contribution in [0.1, 0.15) is 18.4 Å². The number of hydrogen-bond acceptors (Lipinski definition) is 2. The fourth-order valence-electron chi connectivity index (χ4n) is 6.43. The Balaban J connectivity index is 1.31. The summed E-state index contributed by atoms with van der Waals surface area (Å²) in [6.07, 6.45) is 0. The highest BCUT2D eigenvalue weighted by atomic mass is 16.5. The van der Waals surface area contributed by atoms with Gasteiger partial charge in [0, 0.05) is 22.6 Å². The normalized spacial score (nSPS) is 13.9. The van der Waals surface area contributed by atoms with Crippen molar-refractivity contribution in [2.24, 2.45) is 0 Å². The van der Waals surface area contributed by atoms with Gasteiger partial charge in [-0.2, -0.15) is 0 Å². The lowest BCUT2D eigenvalue weighted by atomic mass is 9.87. The number of nitrogens with zero attached hydrogens (tertiary/aromatic N) is 1. The maximum atomic E-state index is 5.94. The first-order valence-corrected chi connectivity index (χ1v) is 15.2. The van der Waals surface area contributed by atoms with Crippen molar-refractivity contribution in [2.45, 2.75) is 12.8 Å². The van der Waals surface area contributed by atoms with Crippen LogP contribution in [-0.2, 0) is 0 Å². The molecule has 0 amide bonds. The molecule has 0 bridgehead atoms. The summed E-state index contributed by atoms with van der Waals surface area (Å²) in [7, 11) is 0. The average molecular weight is 566 g/mol. The third kappa shape index (κ3) is 4.75. The molecule has 0 radical (unpaired) electrons. The Bertz CT molecular complexity index is 2070. The molecule has 44 heavy (non-hydrogen) atoms. The fraction of sp³-hybridized carbons (Fsp3) is 0.0714. The Morgan fingerprint density at radius 2 is 1.20 bits per heavy atom. The number of benzene rings is 6. The molecule has 0 fully saturated rings. The van der Waals surface area contributed by atoms with Crippen molar-refractivity contribution >= 4 is 10.8 Å². The highest BCUT2D eigenvalue weighted by Gasteiger charge is 2.22. The molecule has 1 atom stereocenters. The molecule has 1 unspecified atom stereocenters. The lowest BCUT2D eigenvalue weighted by molar-refractivity contribution is 0.337. The van der Waals surface area contributed by atoms with Crippen LogP contribution in [0.5, 0.6) is 5.75 Å². The summed E-state index contributed by atoms with van der Waals surface area (Å²) in [5.74, 6) is 1.39. The molecule has 1 aliphatic heterocycles. The van der Waals surface area contributed by atoms with Crippen LogP contribution in [0.4, 0.5) is 0 Å². The van der Waals surface area contributed by atoms with Crippen LogP contribution in [0, 0.1) is 0 Å². The molecule has 210 valence electrons. The Hall–Kier alpha value is -5.47. The van der Waals surface area contributed by atoms with E-state index >= 15 is 0 Å². The summed E-state index contributed by atoms with van der Waals surface area (Å²) < 4.78 is 5.94. The average Bonchev–Trinajstić information content (AvgIpc) is 3.48. The van der Waals surface area contributed by atoms with E-state index in [-0.39, 0.29) is 0 Å². The molecule has 0 aliphatic carbocycles. The summed E-state index contributed by atoms with van der Waals surface area (Å²) in [4.78, 5) is 5.20. The van der Waals surface area contributed by atoms with E-state index in [1.165, 1.54) is 44.2 Å². The van der Waals surface area contributed by atoms with Gasteiger partial charge in [0.2, 0.25) is 0 Å². The van der Waals surface area contributed by atoms with Crippen LogP contribution in [0.25, 0.3) is 66.7 Å². The van der Waals surface area contributed by atoms with E-state index in [0.717, 1.165) is 40.4 Å². The van der Waals surface area contributed by atoms with E-state index in [1.807, 2.05) is 6.07 Å². The molecule has 6 aromatic carbocycles. The van der Waals surface area contributed by atoms with Gasteiger partial charge in [0.15, 0.2) is 0 Å². The largest absolute Gasteiger partial charge is 0.493 e. The summed E-state index contributed by atoms with van der Waals surface area (Å²) in [6, 6.07) is 54.1. The number of pyridine rings is 1. The molecule has 0 saturated carbocycles. The number of aromatic nitrogens is 1. The van der Waals surface area contributed by atoms with Crippen molar-refractivity contribution in [3.8, 4) is 61.6 Å². The quantitative estimate of drug-likeness (QED) is 0.207. The molecule has 1 aliphatic rings. The molecule has 7 aromatic rings. The van der Waals surface area contributed by atoms with E-state index in [9.17, 15) is 0 Å². The first kappa shape index (κ1) is 26.2. The maximum absolute atomic E-state index is 5.94. The maximum Gasteiger partial charge on any atom is 0.122 e. The summed E-state index contributed by atoms with van der Waals surface area (Å²) in [6.45, 7) is 2.98. The molecule has 8 rings (SSSR count). The van der Waals surface area contributed by atoms with Gasteiger partial charge in [-0.05, 0) is 74.5 Å². The zero-order valence-corrected chi connectivity index (χ0v) is 24.6. The van der Waals surface area contributed by atoms with Gasteiger partial charge in [-0.1, -0.05) is 128 Å². The van der Waals surface area contributed by atoms with Gasteiger partial charge in [-0.3, -0.25) is 0 Å². The van der Waals surface area contributed by atoms with Gasteiger partial charge >= 0.3 is 0 Å². The van der Waals surface area contributed by atoms with Crippen LogP contribution in [0.3, 0.4) is 0 Å². The van der Waals surface area contributed by atoms with Gasteiger partial charge < -0.3 is 4.74 Å². The number of fused-ring (bicyclic) bond motifs is 2. The van der Waals surface area contributed by atoms with Crippen LogP contribution >= 0.6 is 0 Å². The number of ether oxygens (including phenoxy) is 1. The summed E-state index contributed by atoms with van der Waals surface area (Å²) >= 11 is 0. The minimum atomic E-state index is 0.383. The van der Waals surface area contributed by atoms with Gasteiger partial charge in [-0.15, -0.1) is 0 Å². The van der Waals surface area contributed by atoms with Crippen LogP contribution < -0.4 is 4.74 Å². The van der Waals surface area contributed by atoms with Crippen molar-refractivity contribution in [3.63, 3.8) is 0 Å². The van der Waals surface area contributed by atoms with Crippen LogP contribution in [0.15, 0.2) is 152 Å². The van der Waals surface area contributed by atoms with E-state index in [2.05, 4.69) is 153 Å². The molecule has 2 nitrogen and oxygen atoms in total. The van der Waals surface area contributed by atoms with Gasteiger partial charge in [0.1, 0.15) is 5.75 Å². The molecule has 0 saturated heterocycles. The minimum absolute atomic E-state index is 0.383. The van der Waals surface area contributed by atoms with Gasteiger partial charge in [0.05, 0.1) is 18.0 Å². The molecule has 2 heterocycles. The second-order valence-corrected chi connectivity index (χ2v) is 11.6. The standard InChI is InChI=1S/C42H31NO/c1-28-27-44-41-22-20-34(24-38(28)41)42-36-18-9-8-13-30(36)19-21-37(42)32-16-10-17-33(23-32)40-26-35(29-11-4-2-5-12-29)25-39(43-40)31-14-6-3-7-15-31/h2-26,28H,27H2,1H3. The molecule has 1 aromatic heterocycles. The zero-order chi connectivity index (χ0) is 29.5. The Morgan fingerprint density at radius 1 is 0.523 bits per heavy atom. The first-order valence-electron chi connectivity index (χ1n) is 15.2. The van der Waals surface area contributed by atoms with Crippen molar-refractivity contribution < 1.29 is 4.74 Å². The third-order valence-corrected chi connectivity index (χ3v) is 8.72. The highest BCUT2D eigenvalue weighted by molar-refractivity contribution is 6.04. The number of rotatable bonds is 5. The van der Waals surface area contributed by atoms with Gasteiger partial charge in [-0.25, -0.2) is 4.98 Å². The summed E-state index contributed by atoms with van der Waals surface area (Å²) in [5.41, 5.74) is 12.6. The van der Waals surface area contributed by atoms with Gasteiger partial charge in [0.25, 0.3) is 0 Å².